The van der Waals surface area contributed by atoms with Crippen molar-refractivity contribution in [3.05, 3.63) is 132 Å². The summed E-state index contributed by atoms with van der Waals surface area (Å²) in [6.07, 6.45) is 11.5. The fourth-order valence-corrected chi connectivity index (χ4v) is 9.42. The maximum absolute atomic E-state index is 13.5. The zero-order valence-electron chi connectivity index (χ0n) is 47.8. The van der Waals surface area contributed by atoms with Gasteiger partial charge in [0, 0.05) is 144 Å². The molecule has 14 N–H and O–H groups in total. The number of rotatable bonds is 0. The maximum atomic E-state index is 13.5. The molecule has 32 nitrogen and oxygen atoms in total. The number of aromatic nitrogens is 10. The van der Waals surface area contributed by atoms with Gasteiger partial charge in [0.05, 0.1) is 34.1 Å². The van der Waals surface area contributed by atoms with E-state index in [0.717, 1.165) is 0 Å². The molecule has 86 heavy (non-hydrogen) atoms. The number of carbonyl (C=O) groups excluding carboxylic acids is 10. The SMILES string of the molecule is Cn1cc2cc1C(=O)NC[C@H](N)CC(=O)Nc1cc(n(C)c1)C(=O)Nc1cc(n(C)c1)C(=O)Nc1cc(n(C)c1)C(=O)Nc1cc(n(C)c1)C(=O)NC[C@H](N)CC(=O)Nc1cn(C)c(n1)C(=O)Nc1cn(C)c(n1)C(=O)Nc1cc(n(C)c1)C(=O)N2. The van der Waals surface area contributed by atoms with Crippen molar-refractivity contribution in [2.75, 3.05) is 55.6 Å². The van der Waals surface area contributed by atoms with E-state index in [-0.39, 0.29) is 112 Å². The van der Waals surface area contributed by atoms with Gasteiger partial charge in [-0.1, -0.05) is 0 Å². The summed E-state index contributed by atoms with van der Waals surface area (Å²) in [5.41, 5.74) is 15.1. The number of fused-ring (bicyclic) bond motifs is 16. The lowest BCUT2D eigenvalue weighted by atomic mass is 10.2. The smallest absolute Gasteiger partial charge is 0.292 e. The van der Waals surface area contributed by atoms with Crippen LogP contribution in [-0.4, -0.2) is 131 Å². The third kappa shape index (κ3) is 13.5. The highest BCUT2D eigenvalue weighted by atomic mass is 16.2. The molecular weight excluding hydrogens is 1120 g/mol. The Labute approximate surface area is 488 Å². The van der Waals surface area contributed by atoms with Gasteiger partial charge in [-0.3, -0.25) is 47.9 Å². The van der Waals surface area contributed by atoms with Crippen LogP contribution in [-0.2, 0) is 66.0 Å². The summed E-state index contributed by atoms with van der Waals surface area (Å²) in [5, 5.41) is 27.0. The van der Waals surface area contributed by atoms with E-state index in [9.17, 15) is 47.9 Å². The minimum Gasteiger partial charge on any atom is -0.349 e. The average molecular weight is 1180 g/mol. The molecule has 16 bridgehead atoms. The van der Waals surface area contributed by atoms with E-state index < -0.39 is 71.2 Å². The van der Waals surface area contributed by atoms with Crippen LogP contribution in [0.15, 0.2) is 86.0 Å². The first-order chi connectivity index (χ1) is 40.7. The van der Waals surface area contributed by atoms with Gasteiger partial charge in [0.2, 0.25) is 23.5 Å². The van der Waals surface area contributed by atoms with Crippen LogP contribution in [0.4, 0.5) is 45.8 Å². The van der Waals surface area contributed by atoms with Gasteiger partial charge in [-0.15, -0.1) is 0 Å². The molecule has 0 saturated carbocycles. The summed E-state index contributed by atoms with van der Waals surface area (Å²) in [6.45, 7) is -0.220. The fourth-order valence-electron chi connectivity index (χ4n) is 9.42. The topological polar surface area (TPSA) is 408 Å². The van der Waals surface area contributed by atoms with Crippen molar-refractivity contribution in [3.63, 3.8) is 0 Å². The van der Waals surface area contributed by atoms with Crippen LogP contribution in [0.5, 0.6) is 0 Å². The Bertz CT molecular complexity index is 3800. The Balaban J connectivity index is 0.887. The molecule has 0 aliphatic carbocycles. The highest BCUT2D eigenvalue weighted by Gasteiger charge is 2.25. The summed E-state index contributed by atoms with van der Waals surface area (Å²) in [7, 11) is 12.7. The molecule has 32 heteroatoms. The van der Waals surface area contributed by atoms with Gasteiger partial charge < -0.3 is 101 Å². The normalized spacial score (nSPS) is 16.8. The number of aryl methyl sites for hydroxylation is 8. The van der Waals surface area contributed by atoms with E-state index >= 15 is 0 Å². The number of hydrogen-bond donors (Lipinski definition) is 12. The number of imidazole rings is 2. The fraction of sp³-hybridized carbons (Fsp3) is 0.259. The summed E-state index contributed by atoms with van der Waals surface area (Å²) >= 11 is 0. The van der Waals surface area contributed by atoms with Gasteiger partial charge in [-0.05, 0) is 36.4 Å². The van der Waals surface area contributed by atoms with E-state index in [0.29, 0.717) is 5.69 Å². The highest BCUT2D eigenvalue weighted by Crippen LogP contribution is 2.23. The van der Waals surface area contributed by atoms with E-state index in [4.69, 9.17) is 11.5 Å². The number of nitrogens with two attached hydrogens (primary N) is 2. The molecule has 9 rings (SSSR count). The van der Waals surface area contributed by atoms with Crippen LogP contribution < -0.4 is 64.6 Å². The molecule has 2 atom stereocenters. The van der Waals surface area contributed by atoms with Crippen LogP contribution >= 0.6 is 0 Å². The van der Waals surface area contributed by atoms with E-state index in [2.05, 4.69) is 63.1 Å². The number of hydrogen-bond acceptors (Lipinski definition) is 14. The molecule has 9 heterocycles. The minimum absolute atomic E-state index is 0.00225. The predicted molar refractivity (Wildman–Crippen MR) is 314 cm³/mol. The van der Waals surface area contributed by atoms with Crippen LogP contribution in [0, 0.1) is 0 Å². The summed E-state index contributed by atoms with van der Waals surface area (Å²) in [5.74, 6) is -5.97. The average Bonchev–Trinajstić information content (AvgIpc) is 4.55. The zero-order chi connectivity index (χ0) is 62.0. The first-order valence-electron chi connectivity index (χ1n) is 26.4. The van der Waals surface area contributed by atoms with Crippen molar-refractivity contribution >= 4 is 105 Å². The number of amides is 10. The molecule has 8 aromatic rings. The molecule has 1 aliphatic rings. The first-order valence-corrected chi connectivity index (χ1v) is 26.4. The van der Waals surface area contributed by atoms with Crippen LogP contribution in [0.3, 0.4) is 0 Å². The van der Waals surface area contributed by atoms with Crippen LogP contribution in [0.2, 0.25) is 0 Å². The minimum atomic E-state index is -0.856. The Morgan fingerprint density at radius 1 is 0.326 bits per heavy atom. The van der Waals surface area contributed by atoms with Crippen molar-refractivity contribution < 1.29 is 47.9 Å². The van der Waals surface area contributed by atoms with E-state index in [1.54, 1.807) is 42.3 Å². The number of nitrogens with one attached hydrogen (secondary N) is 10. The Morgan fingerprint density at radius 3 is 0.907 bits per heavy atom. The molecule has 0 spiro atoms. The molecule has 0 unspecified atom stereocenters. The monoisotopic (exact) mass is 1180 g/mol. The lowest BCUT2D eigenvalue weighted by Crippen LogP contribution is -2.40. The summed E-state index contributed by atoms with van der Waals surface area (Å²) in [6, 6.07) is 7.03. The quantitative estimate of drug-likeness (QED) is 0.102. The van der Waals surface area contributed by atoms with Gasteiger partial charge in [-0.2, -0.15) is 0 Å². The largest absolute Gasteiger partial charge is 0.349 e. The number of anilines is 8. The van der Waals surface area contributed by atoms with Gasteiger partial charge in [0.25, 0.3) is 47.3 Å². The van der Waals surface area contributed by atoms with Gasteiger partial charge >= 0.3 is 0 Å². The molecule has 10 amide bonds. The Morgan fingerprint density at radius 2 is 0.581 bits per heavy atom. The lowest BCUT2D eigenvalue weighted by molar-refractivity contribution is -0.117. The second-order valence-corrected chi connectivity index (χ2v) is 20.6. The van der Waals surface area contributed by atoms with Gasteiger partial charge in [0.15, 0.2) is 11.6 Å². The third-order valence-corrected chi connectivity index (χ3v) is 13.6. The van der Waals surface area contributed by atoms with E-state index in [1.807, 2.05) is 0 Å². The molecule has 448 valence electrons. The highest BCUT2D eigenvalue weighted by molar-refractivity contribution is 6.10. The second kappa shape index (κ2) is 24.3. The molecule has 1 aliphatic heterocycles. The van der Waals surface area contributed by atoms with Gasteiger partial charge in [-0.25, -0.2) is 9.97 Å². The third-order valence-electron chi connectivity index (χ3n) is 13.6. The van der Waals surface area contributed by atoms with E-state index in [1.165, 1.54) is 137 Å². The number of nitrogens with zero attached hydrogens (tertiary/aromatic N) is 10. The van der Waals surface area contributed by atoms with Crippen LogP contribution in [0.25, 0.3) is 0 Å². The van der Waals surface area contributed by atoms with Gasteiger partial charge in [0.1, 0.15) is 34.2 Å². The maximum Gasteiger partial charge on any atom is 0.292 e. The summed E-state index contributed by atoms with van der Waals surface area (Å²) < 4.78 is 11.7. The molecule has 0 saturated heterocycles. The van der Waals surface area contributed by atoms with Crippen molar-refractivity contribution in [1.82, 2.24) is 57.1 Å². The molecule has 0 aromatic carbocycles. The molecular formula is C54H62N22O10. The van der Waals surface area contributed by atoms with Crippen LogP contribution in [0.1, 0.15) is 97.0 Å². The predicted octanol–water partition coefficient (Wildman–Crippen LogP) is 1.18. The second-order valence-electron chi connectivity index (χ2n) is 20.6. The first kappa shape index (κ1) is 59.3. The Kier molecular flexibility index (Phi) is 16.8. The van der Waals surface area contributed by atoms with Crippen molar-refractivity contribution in [2.45, 2.75) is 24.9 Å². The molecule has 0 radical (unpaired) electrons. The summed E-state index contributed by atoms with van der Waals surface area (Å²) in [4.78, 5) is 142. The zero-order valence-corrected chi connectivity index (χ0v) is 47.8. The van der Waals surface area contributed by atoms with Crippen molar-refractivity contribution in [1.29, 1.82) is 0 Å². The molecule has 0 fully saturated rings. The lowest BCUT2D eigenvalue weighted by Gasteiger charge is -2.12. The molecule has 8 aromatic heterocycles. The van der Waals surface area contributed by atoms with Crippen molar-refractivity contribution in [2.24, 2.45) is 67.8 Å². The standard InChI is InChI=1S/C54H62N22O10/c1-69-21-31-13-35(69)47(79)57-17-27(55)9-43(77)59-29-11-37(71(3)19-29)49(81)62-32-14-39(73(5)22-32)51(83)63-33-15-38(72(4)23-33)50(82)60-30-12-36(70(2)20-30)48(80)58-18-28(56)10-44(78)65-41-25-75(7)46(66-41)54(86)68-42-26-76(8)45(67-42)53(85)64-34-16-40(52(84)61-31)74(6)24-34/h11-16,19-28H,9-10,17-18,55-56H2,1-8H3,(H,57,79)(H,58,80)(H,59,77)(H,60,82)(H,61,84)(H,62,81)(H,63,83)(H,64,85)(H,65,78)(H,68,86)/t27-,28-/m1/s1. The Hall–Kier alpha value is -11.3. The number of carbonyl (C=O) groups is 10. The van der Waals surface area contributed by atoms with Crippen molar-refractivity contribution in [3.8, 4) is 0 Å².